The number of rotatable bonds is 7. The van der Waals surface area contributed by atoms with E-state index >= 15 is 0 Å². The van der Waals surface area contributed by atoms with E-state index in [0.29, 0.717) is 31.2 Å². The zero-order valence-corrected chi connectivity index (χ0v) is 16.1. The summed E-state index contributed by atoms with van der Waals surface area (Å²) in [5.41, 5.74) is 0. The number of nitrogens with zero attached hydrogens (tertiary/aromatic N) is 1. The molecule has 8 nitrogen and oxygen atoms in total. The lowest BCUT2D eigenvalue weighted by Crippen LogP contribution is -2.43. The Balaban J connectivity index is 1.92. The van der Waals surface area contributed by atoms with E-state index < -0.39 is 21.8 Å². The molecule has 1 aliphatic rings. The lowest BCUT2D eigenvalue weighted by Gasteiger charge is -2.30. The average Bonchev–Trinajstić information content (AvgIpc) is 3.10. The number of hydrogen-bond acceptors (Lipinski definition) is 5. The number of sulfonamides is 1. The van der Waals surface area contributed by atoms with Gasteiger partial charge in [0.25, 0.3) is 10.0 Å². The predicted molar refractivity (Wildman–Crippen MR) is 94.2 cm³/mol. The lowest BCUT2D eigenvalue weighted by molar-refractivity contribution is -0.126. The van der Waals surface area contributed by atoms with Crippen molar-refractivity contribution in [1.29, 1.82) is 0 Å². The van der Waals surface area contributed by atoms with Crippen LogP contribution in [0.5, 0.6) is 0 Å². The van der Waals surface area contributed by atoms with E-state index in [1.54, 1.807) is 0 Å². The minimum atomic E-state index is -3.89. The smallest absolute Gasteiger partial charge is 0.371 e. The summed E-state index contributed by atoms with van der Waals surface area (Å²) in [6, 6.07) is 2.26. The van der Waals surface area contributed by atoms with Crippen LogP contribution in [0, 0.1) is 17.8 Å². The molecule has 1 fully saturated rings. The molecule has 1 atom stereocenters. The van der Waals surface area contributed by atoms with E-state index in [9.17, 15) is 18.0 Å². The molecule has 0 radical (unpaired) electrons. The Bertz CT molecular complexity index is 747. The van der Waals surface area contributed by atoms with Gasteiger partial charge in [0.1, 0.15) is 0 Å². The summed E-state index contributed by atoms with van der Waals surface area (Å²) in [5, 5.41) is 11.4. The van der Waals surface area contributed by atoms with Crippen molar-refractivity contribution in [3.8, 4) is 0 Å². The summed E-state index contributed by atoms with van der Waals surface area (Å²) in [4.78, 5) is 23.1. The van der Waals surface area contributed by atoms with E-state index in [-0.39, 0.29) is 30.0 Å². The second-order valence-corrected chi connectivity index (χ2v) is 8.94. The van der Waals surface area contributed by atoms with Crippen molar-refractivity contribution in [3.05, 3.63) is 17.9 Å². The first-order chi connectivity index (χ1) is 12.1. The third-order valence-electron chi connectivity index (χ3n) is 4.95. The molecule has 2 heterocycles. The number of hydrogen-bond donors (Lipinski definition) is 2. The van der Waals surface area contributed by atoms with Crippen molar-refractivity contribution in [2.45, 2.75) is 38.7 Å². The van der Waals surface area contributed by atoms with Crippen LogP contribution in [0.2, 0.25) is 0 Å². The summed E-state index contributed by atoms with van der Waals surface area (Å²) in [6.07, 6.45) is 0.848. The Kier molecular flexibility index (Phi) is 6.46. The molecular formula is C17H26N2O6S. The number of amides is 1. The minimum absolute atomic E-state index is 0.0410. The van der Waals surface area contributed by atoms with Crippen molar-refractivity contribution >= 4 is 21.9 Å². The summed E-state index contributed by atoms with van der Waals surface area (Å²) in [5.74, 6) is -1.14. The fourth-order valence-corrected chi connectivity index (χ4v) is 4.08. The van der Waals surface area contributed by atoms with Crippen molar-refractivity contribution < 1.29 is 27.5 Å². The molecule has 1 aliphatic heterocycles. The van der Waals surface area contributed by atoms with E-state index in [2.05, 4.69) is 26.1 Å². The second-order valence-electron chi connectivity index (χ2n) is 7.07. The zero-order chi connectivity index (χ0) is 19.5. The van der Waals surface area contributed by atoms with Crippen molar-refractivity contribution in [3.63, 3.8) is 0 Å². The highest BCUT2D eigenvalue weighted by atomic mass is 32.2. The van der Waals surface area contributed by atoms with Crippen LogP contribution in [0.3, 0.4) is 0 Å². The SMILES string of the molecule is CC(C)C(C)CNC(=O)C1CCN(S(=O)(=O)c2ccc(C(=O)O)o2)CC1. The van der Waals surface area contributed by atoms with Crippen LogP contribution in [-0.2, 0) is 14.8 Å². The number of carbonyl (C=O) groups is 2. The molecule has 0 aromatic carbocycles. The van der Waals surface area contributed by atoms with Gasteiger partial charge in [-0.25, -0.2) is 13.2 Å². The maximum Gasteiger partial charge on any atom is 0.371 e. The average molecular weight is 386 g/mol. The van der Waals surface area contributed by atoms with Gasteiger partial charge in [-0.2, -0.15) is 4.31 Å². The topological polar surface area (TPSA) is 117 Å². The molecule has 1 aromatic heterocycles. The molecule has 1 saturated heterocycles. The quantitative estimate of drug-likeness (QED) is 0.738. The van der Waals surface area contributed by atoms with Gasteiger partial charge < -0.3 is 14.8 Å². The van der Waals surface area contributed by atoms with Gasteiger partial charge in [-0.05, 0) is 36.8 Å². The fraction of sp³-hybridized carbons (Fsp3) is 0.647. The van der Waals surface area contributed by atoms with Gasteiger partial charge in [-0.15, -0.1) is 0 Å². The molecular weight excluding hydrogens is 360 g/mol. The molecule has 0 saturated carbocycles. The number of piperidine rings is 1. The number of carboxylic acid groups (broad SMARTS) is 1. The highest BCUT2D eigenvalue weighted by Gasteiger charge is 2.34. The first-order valence-electron chi connectivity index (χ1n) is 8.74. The van der Waals surface area contributed by atoms with Gasteiger partial charge in [0.15, 0.2) is 0 Å². The van der Waals surface area contributed by atoms with E-state index in [1.165, 1.54) is 4.31 Å². The van der Waals surface area contributed by atoms with Crippen LogP contribution in [-0.4, -0.2) is 49.3 Å². The van der Waals surface area contributed by atoms with E-state index in [1.807, 2.05) is 0 Å². The number of carboxylic acids is 1. The molecule has 0 bridgehead atoms. The first kappa shape index (κ1) is 20.4. The van der Waals surface area contributed by atoms with Gasteiger partial charge in [0.05, 0.1) is 0 Å². The predicted octanol–water partition coefficient (Wildman–Crippen LogP) is 1.79. The Morgan fingerprint density at radius 3 is 2.38 bits per heavy atom. The van der Waals surface area contributed by atoms with Gasteiger partial charge >= 0.3 is 5.97 Å². The Morgan fingerprint density at radius 1 is 1.27 bits per heavy atom. The normalized spacial score (nSPS) is 18.0. The number of furan rings is 1. The molecule has 146 valence electrons. The fourth-order valence-electron chi connectivity index (χ4n) is 2.70. The Labute approximate surface area is 153 Å². The Morgan fingerprint density at radius 2 is 1.88 bits per heavy atom. The molecule has 9 heteroatoms. The lowest BCUT2D eigenvalue weighted by atomic mass is 9.95. The second kappa shape index (κ2) is 8.22. The van der Waals surface area contributed by atoms with Crippen molar-refractivity contribution in [1.82, 2.24) is 9.62 Å². The third kappa shape index (κ3) is 4.64. The molecule has 2 rings (SSSR count). The van der Waals surface area contributed by atoms with Crippen LogP contribution in [0.4, 0.5) is 0 Å². The number of nitrogens with one attached hydrogen (secondary N) is 1. The van der Waals surface area contributed by atoms with E-state index in [0.717, 1.165) is 12.1 Å². The molecule has 1 unspecified atom stereocenters. The Hall–Kier alpha value is -1.87. The maximum atomic E-state index is 12.5. The maximum absolute atomic E-state index is 12.5. The van der Waals surface area contributed by atoms with Gasteiger partial charge in [0, 0.05) is 25.6 Å². The van der Waals surface area contributed by atoms with Gasteiger partial charge in [-0.1, -0.05) is 20.8 Å². The zero-order valence-electron chi connectivity index (χ0n) is 15.3. The van der Waals surface area contributed by atoms with E-state index in [4.69, 9.17) is 9.52 Å². The molecule has 1 amide bonds. The molecule has 0 aliphatic carbocycles. The van der Waals surface area contributed by atoms with Gasteiger partial charge in [0.2, 0.25) is 16.8 Å². The molecule has 1 aromatic rings. The van der Waals surface area contributed by atoms with Crippen LogP contribution < -0.4 is 5.32 Å². The van der Waals surface area contributed by atoms with Crippen molar-refractivity contribution in [2.75, 3.05) is 19.6 Å². The summed E-state index contributed by atoms with van der Waals surface area (Å²) >= 11 is 0. The van der Waals surface area contributed by atoms with Gasteiger partial charge in [-0.3, -0.25) is 4.79 Å². The van der Waals surface area contributed by atoms with Crippen LogP contribution in [0.25, 0.3) is 0 Å². The third-order valence-corrected chi connectivity index (χ3v) is 6.72. The summed E-state index contributed by atoms with van der Waals surface area (Å²) < 4.78 is 31.2. The summed E-state index contributed by atoms with van der Waals surface area (Å²) in [6.45, 7) is 7.29. The monoisotopic (exact) mass is 386 g/mol. The van der Waals surface area contributed by atoms with Crippen LogP contribution in [0.15, 0.2) is 21.6 Å². The standard InChI is InChI=1S/C17H26N2O6S/c1-11(2)12(3)10-18-16(20)13-6-8-19(9-7-13)26(23,24)15-5-4-14(25-15)17(21)22/h4-5,11-13H,6-10H2,1-3H3,(H,18,20)(H,21,22). The molecule has 0 spiro atoms. The molecule has 2 N–H and O–H groups in total. The number of aromatic carboxylic acids is 1. The van der Waals surface area contributed by atoms with Crippen molar-refractivity contribution in [2.24, 2.45) is 17.8 Å². The number of carbonyl (C=O) groups excluding carboxylic acids is 1. The van der Waals surface area contributed by atoms with Crippen LogP contribution in [0.1, 0.15) is 44.2 Å². The highest BCUT2D eigenvalue weighted by molar-refractivity contribution is 7.89. The van der Waals surface area contributed by atoms with Crippen LogP contribution >= 0.6 is 0 Å². The summed E-state index contributed by atoms with van der Waals surface area (Å²) in [7, 11) is -3.89. The molecule has 26 heavy (non-hydrogen) atoms. The highest BCUT2D eigenvalue weighted by Crippen LogP contribution is 2.25. The first-order valence-corrected chi connectivity index (χ1v) is 10.2. The minimum Gasteiger partial charge on any atom is -0.475 e. The largest absolute Gasteiger partial charge is 0.475 e.